The van der Waals surface area contributed by atoms with Gasteiger partial charge >= 0.3 is 0 Å². The Morgan fingerprint density at radius 2 is 1.75 bits per heavy atom. The molecule has 0 saturated carbocycles. The Morgan fingerprint density at radius 3 is 2.30 bits per heavy atom. The third kappa shape index (κ3) is 4.35. The molecule has 2 rings (SSSR count). The highest BCUT2D eigenvalue weighted by Gasteiger charge is 2.18. The van der Waals surface area contributed by atoms with Crippen LogP contribution in [0.2, 0.25) is 0 Å². The van der Waals surface area contributed by atoms with E-state index in [1.165, 1.54) is 18.7 Å². The zero-order valence-corrected chi connectivity index (χ0v) is 12.6. The van der Waals surface area contributed by atoms with E-state index >= 15 is 0 Å². The van der Waals surface area contributed by atoms with E-state index in [0.717, 1.165) is 25.2 Å². The summed E-state index contributed by atoms with van der Waals surface area (Å²) in [6.45, 7) is 10.7. The lowest BCUT2D eigenvalue weighted by molar-refractivity contribution is 0.104. The van der Waals surface area contributed by atoms with Crippen molar-refractivity contribution in [2.75, 3.05) is 32.7 Å². The molecule has 0 atom stereocenters. The maximum absolute atomic E-state index is 5.38. The van der Waals surface area contributed by atoms with E-state index in [0.29, 0.717) is 12.6 Å². The number of hydrogen-bond donors (Lipinski definition) is 1. The zero-order valence-electron chi connectivity index (χ0n) is 12.6. The summed E-state index contributed by atoms with van der Waals surface area (Å²) in [6, 6.07) is 9.19. The van der Waals surface area contributed by atoms with Crippen molar-refractivity contribution in [3.8, 4) is 11.8 Å². The van der Waals surface area contributed by atoms with Crippen molar-refractivity contribution in [2.45, 2.75) is 26.4 Å². The van der Waals surface area contributed by atoms with Crippen molar-refractivity contribution < 1.29 is 0 Å². The fraction of sp³-hybridized carbons (Fsp3) is 0.529. The number of piperazine rings is 1. The quantitative estimate of drug-likeness (QED) is 0.846. The lowest BCUT2D eigenvalue weighted by atomic mass is 10.1. The number of hydrogen-bond acceptors (Lipinski definition) is 3. The van der Waals surface area contributed by atoms with Gasteiger partial charge in [-0.2, -0.15) is 0 Å². The van der Waals surface area contributed by atoms with Crippen LogP contribution in [0.25, 0.3) is 0 Å². The highest BCUT2D eigenvalue weighted by Crippen LogP contribution is 2.11. The number of rotatable bonds is 3. The van der Waals surface area contributed by atoms with Crippen molar-refractivity contribution in [1.82, 2.24) is 9.80 Å². The van der Waals surface area contributed by atoms with Gasteiger partial charge in [0.2, 0.25) is 0 Å². The lowest BCUT2D eigenvalue weighted by Gasteiger charge is -2.36. The van der Waals surface area contributed by atoms with Gasteiger partial charge in [-0.25, -0.2) is 0 Å². The summed E-state index contributed by atoms with van der Waals surface area (Å²) in [5, 5.41) is 0. The Hall–Kier alpha value is -1.34. The van der Waals surface area contributed by atoms with Crippen molar-refractivity contribution in [2.24, 2.45) is 5.73 Å². The van der Waals surface area contributed by atoms with Crippen molar-refractivity contribution in [3.63, 3.8) is 0 Å². The van der Waals surface area contributed by atoms with E-state index < -0.39 is 0 Å². The van der Waals surface area contributed by atoms with E-state index in [1.807, 2.05) is 0 Å². The molecule has 3 heteroatoms. The molecule has 1 fully saturated rings. The highest BCUT2D eigenvalue weighted by molar-refractivity contribution is 5.36. The second kappa shape index (κ2) is 7.44. The van der Waals surface area contributed by atoms with Gasteiger partial charge in [-0.05, 0) is 31.5 Å². The van der Waals surface area contributed by atoms with E-state index in [9.17, 15) is 0 Å². The molecule has 0 aliphatic carbocycles. The second-order valence-corrected chi connectivity index (χ2v) is 5.61. The molecule has 1 aliphatic rings. The minimum absolute atomic E-state index is 0.419. The predicted molar refractivity (Wildman–Crippen MR) is 84.4 cm³/mol. The van der Waals surface area contributed by atoms with Gasteiger partial charge in [0.1, 0.15) is 0 Å². The van der Waals surface area contributed by atoms with E-state index in [2.05, 4.69) is 59.8 Å². The molecule has 0 bridgehead atoms. The van der Waals surface area contributed by atoms with Crippen LogP contribution in [0.5, 0.6) is 0 Å². The highest BCUT2D eigenvalue weighted by atomic mass is 15.3. The van der Waals surface area contributed by atoms with Gasteiger partial charge in [0, 0.05) is 44.3 Å². The van der Waals surface area contributed by atoms with Crippen molar-refractivity contribution >= 4 is 0 Å². The molecule has 108 valence electrons. The minimum Gasteiger partial charge on any atom is -0.320 e. The number of nitrogens with two attached hydrogens (primary N) is 1. The minimum atomic E-state index is 0.419. The van der Waals surface area contributed by atoms with Crippen LogP contribution in [-0.2, 0) is 6.54 Å². The molecule has 1 aliphatic heterocycles. The largest absolute Gasteiger partial charge is 0.320 e. The first-order chi connectivity index (χ1) is 9.69. The molecule has 1 aromatic rings. The SMILES string of the molecule is CC(C)N1CCN(Cc2ccc(C#CCN)cc2)CC1. The predicted octanol–water partition coefficient (Wildman–Crippen LogP) is 1.52. The molecule has 1 saturated heterocycles. The molecule has 2 N–H and O–H groups in total. The molecule has 1 aromatic carbocycles. The summed E-state index contributed by atoms with van der Waals surface area (Å²) in [5.74, 6) is 5.94. The smallest absolute Gasteiger partial charge is 0.0555 e. The summed E-state index contributed by atoms with van der Waals surface area (Å²) in [6.07, 6.45) is 0. The van der Waals surface area contributed by atoms with Gasteiger partial charge < -0.3 is 5.73 Å². The van der Waals surface area contributed by atoms with Crippen LogP contribution in [0, 0.1) is 11.8 Å². The van der Waals surface area contributed by atoms with Crippen molar-refractivity contribution in [1.29, 1.82) is 0 Å². The van der Waals surface area contributed by atoms with Crippen LogP contribution in [0.3, 0.4) is 0 Å². The molecular formula is C17H25N3. The fourth-order valence-electron chi connectivity index (χ4n) is 2.54. The van der Waals surface area contributed by atoms with Crippen LogP contribution in [-0.4, -0.2) is 48.6 Å². The molecule has 0 aromatic heterocycles. The maximum atomic E-state index is 5.38. The third-order valence-corrected chi connectivity index (χ3v) is 3.83. The average molecular weight is 271 g/mol. The van der Waals surface area contributed by atoms with Crippen molar-refractivity contribution in [3.05, 3.63) is 35.4 Å². The standard InChI is InChI=1S/C17H25N3/c1-15(2)20-12-10-19(11-13-20)14-17-7-5-16(6-8-17)4-3-9-18/h5-8,15H,9-14,18H2,1-2H3. The molecule has 1 heterocycles. The topological polar surface area (TPSA) is 32.5 Å². The van der Waals surface area contributed by atoms with E-state index in [4.69, 9.17) is 5.73 Å². The number of nitrogens with zero attached hydrogens (tertiary/aromatic N) is 2. The molecule has 0 amide bonds. The molecule has 20 heavy (non-hydrogen) atoms. The van der Waals surface area contributed by atoms with Crippen LogP contribution in [0.1, 0.15) is 25.0 Å². The Labute approximate surface area is 122 Å². The second-order valence-electron chi connectivity index (χ2n) is 5.61. The average Bonchev–Trinajstić information content (AvgIpc) is 2.47. The first kappa shape index (κ1) is 15.1. The molecule has 0 radical (unpaired) electrons. The first-order valence-electron chi connectivity index (χ1n) is 7.43. The summed E-state index contributed by atoms with van der Waals surface area (Å²) >= 11 is 0. The summed E-state index contributed by atoms with van der Waals surface area (Å²) in [5.41, 5.74) is 7.79. The monoisotopic (exact) mass is 271 g/mol. The van der Waals surface area contributed by atoms with Crippen LogP contribution in [0.15, 0.2) is 24.3 Å². The lowest BCUT2D eigenvalue weighted by Crippen LogP contribution is -2.48. The van der Waals surface area contributed by atoms with Gasteiger partial charge in [0.05, 0.1) is 6.54 Å². The van der Waals surface area contributed by atoms with Gasteiger partial charge in [-0.1, -0.05) is 24.0 Å². The third-order valence-electron chi connectivity index (χ3n) is 3.83. The zero-order chi connectivity index (χ0) is 14.4. The Balaban J connectivity index is 1.85. The molecule has 0 unspecified atom stereocenters. The Kier molecular flexibility index (Phi) is 5.60. The Bertz CT molecular complexity index is 459. The maximum Gasteiger partial charge on any atom is 0.0555 e. The normalized spacial score (nSPS) is 17.0. The summed E-state index contributed by atoms with van der Waals surface area (Å²) in [4.78, 5) is 5.07. The van der Waals surface area contributed by atoms with Crippen LogP contribution >= 0.6 is 0 Å². The molecule has 3 nitrogen and oxygen atoms in total. The molecular weight excluding hydrogens is 246 g/mol. The first-order valence-corrected chi connectivity index (χ1v) is 7.43. The summed E-state index contributed by atoms with van der Waals surface area (Å²) < 4.78 is 0. The molecule has 0 spiro atoms. The summed E-state index contributed by atoms with van der Waals surface area (Å²) in [7, 11) is 0. The van der Waals surface area contributed by atoms with Gasteiger partial charge in [0.15, 0.2) is 0 Å². The van der Waals surface area contributed by atoms with E-state index in [1.54, 1.807) is 0 Å². The number of benzene rings is 1. The Morgan fingerprint density at radius 1 is 1.10 bits per heavy atom. The van der Waals surface area contributed by atoms with Crippen LogP contribution < -0.4 is 5.73 Å². The fourth-order valence-corrected chi connectivity index (χ4v) is 2.54. The van der Waals surface area contributed by atoms with Gasteiger partial charge in [-0.3, -0.25) is 9.80 Å². The van der Waals surface area contributed by atoms with Gasteiger partial charge in [0.25, 0.3) is 0 Å². The van der Waals surface area contributed by atoms with E-state index in [-0.39, 0.29) is 0 Å². The van der Waals surface area contributed by atoms with Crippen LogP contribution in [0.4, 0.5) is 0 Å². The van der Waals surface area contributed by atoms with Gasteiger partial charge in [-0.15, -0.1) is 0 Å².